The maximum atomic E-state index is 5.63. The van der Waals surface area contributed by atoms with Gasteiger partial charge in [-0.3, -0.25) is 0 Å². The van der Waals surface area contributed by atoms with Crippen LogP contribution in [-0.4, -0.2) is 31.2 Å². The number of hydrogen-bond acceptors (Lipinski definition) is 4. The second-order valence-corrected chi connectivity index (χ2v) is 9.46. The number of hydrogen-bond donors (Lipinski definition) is 2. The molecule has 168 valence electrons. The maximum Gasteiger partial charge on any atom is 0.201 e. The van der Waals surface area contributed by atoms with Crippen molar-refractivity contribution in [1.82, 2.24) is 9.56 Å². The molecule has 0 aromatic heterocycles. The number of benzene rings is 2. The van der Waals surface area contributed by atoms with Crippen LogP contribution in [0.5, 0.6) is 0 Å². The number of nitrogens with one attached hydrogen (secondary N) is 1. The molecule has 0 unspecified atom stereocenters. The largest absolute Gasteiger partial charge is 0.384 e. The zero-order chi connectivity index (χ0) is 21.9. The third-order valence-electron chi connectivity index (χ3n) is 5.77. The molecule has 31 heavy (non-hydrogen) atoms. The molecule has 0 spiro atoms. The van der Waals surface area contributed by atoms with E-state index in [4.69, 9.17) is 10.7 Å². The monoisotopic (exact) mass is 439 g/mol. The lowest BCUT2D eigenvalue weighted by Gasteiger charge is -2.09. The van der Waals surface area contributed by atoms with E-state index in [1.807, 2.05) is 11.3 Å². The van der Waals surface area contributed by atoms with Crippen molar-refractivity contribution >= 4 is 27.2 Å². The van der Waals surface area contributed by atoms with Crippen LogP contribution in [0.3, 0.4) is 0 Å². The predicted molar refractivity (Wildman–Crippen MR) is 137 cm³/mol. The molecule has 0 saturated heterocycles. The maximum absolute atomic E-state index is 5.63. The van der Waals surface area contributed by atoms with Gasteiger partial charge in [-0.1, -0.05) is 39.5 Å². The summed E-state index contributed by atoms with van der Waals surface area (Å²) in [4.78, 5) is 6.17. The molecular weight excluding hydrogens is 400 g/mol. The molecule has 3 rings (SSSR count). The number of anilines is 1. The van der Waals surface area contributed by atoms with Gasteiger partial charge in [0.1, 0.15) is 13.1 Å². The second-order valence-electron chi connectivity index (χ2n) is 8.37. The highest BCUT2D eigenvalue weighted by Gasteiger charge is 2.12. The molecule has 1 aliphatic heterocycles. The minimum atomic E-state index is 0.632. The lowest BCUT2D eigenvalue weighted by atomic mass is 10.1. The number of fused-ring (bicyclic) bond motifs is 2. The Hall–Kier alpha value is -1.98. The van der Waals surface area contributed by atoms with E-state index < -0.39 is 0 Å². The zero-order valence-corrected chi connectivity index (χ0v) is 20.1. The van der Waals surface area contributed by atoms with Gasteiger partial charge >= 0.3 is 0 Å². The Balaban J connectivity index is 1.92. The fourth-order valence-electron chi connectivity index (χ4n) is 3.97. The molecule has 0 fully saturated rings. The quantitative estimate of drug-likeness (QED) is 0.204. The van der Waals surface area contributed by atoms with Crippen LogP contribution in [-0.2, 0) is 0 Å². The molecule has 4 nitrogen and oxygen atoms in total. The Bertz CT molecular complexity index is 965. The molecule has 1 aromatic carbocycles. The molecule has 5 heteroatoms. The highest BCUT2D eigenvalue weighted by molar-refractivity contribution is 7.21. The molecular formula is C26H39N4S+. The van der Waals surface area contributed by atoms with E-state index in [0.29, 0.717) is 6.54 Å². The van der Waals surface area contributed by atoms with Crippen LogP contribution in [0.25, 0.3) is 20.8 Å². The average Bonchev–Trinajstić information content (AvgIpc) is 2.80. The van der Waals surface area contributed by atoms with Gasteiger partial charge in [0, 0.05) is 43.8 Å². The Morgan fingerprint density at radius 3 is 2.32 bits per heavy atom. The van der Waals surface area contributed by atoms with Gasteiger partial charge in [0.2, 0.25) is 5.36 Å². The lowest BCUT2D eigenvalue weighted by Crippen LogP contribution is -2.32. The van der Waals surface area contributed by atoms with Crippen LogP contribution in [0, 0.1) is 0 Å². The fraction of sp³-hybridized carbons (Fsp3) is 0.538. The first-order valence-corrected chi connectivity index (χ1v) is 12.9. The normalized spacial score (nSPS) is 11.3. The van der Waals surface area contributed by atoms with Crippen LogP contribution < -0.4 is 21.0 Å². The van der Waals surface area contributed by atoms with Gasteiger partial charge in [-0.2, -0.15) is 0 Å². The van der Waals surface area contributed by atoms with Crippen molar-refractivity contribution in [2.75, 3.05) is 31.5 Å². The topological polar surface area (TPSA) is 54.0 Å². The van der Waals surface area contributed by atoms with Crippen LogP contribution in [0.1, 0.15) is 65.2 Å². The summed E-state index contributed by atoms with van der Waals surface area (Å²) in [6.07, 6.45) is 10.4. The predicted octanol–water partition coefficient (Wildman–Crippen LogP) is 5.70. The van der Waals surface area contributed by atoms with E-state index in [1.54, 1.807) is 0 Å². The van der Waals surface area contributed by atoms with Crippen molar-refractivity contribution in [3.63, 3.8) is 0 Å². The van der Waals surface area contributed by atoms with Crippen LogP contribution >= 0.6 is 11.3 Å². The van der Waals surface area contributed by atoms with Crippen LogP contribution in [0.2, 0.25) is 0 Å². The summed E-state index contributed by atoms with van der Waals surface area (Å²) in [5.74, 6) is 0. The summed E-state index contributed by atoms with van der Waals surface area (Å²) >= 11 is 1.83. The van der Waals surface area contributed by atoms with Crippen molar-refractivity contribution in [2.45, 2.75) is 65.2 Å². The minimum Gasteiger partial charge on any atom is -0.384 e. The van der Waals surface area contributed by atoms with Gasteiger partial charge in [0.25, 0.3) is 0 Å². The third kappa shape index (κ3) is 7.01. The number of rotatable bonds is 13. The third-order valence-corrected chi connectivity index (χ3v) is 6.86. The first kappa shape index (κ1) is 23.7. The van der Waals surface area contributed by atoms with Gasteiger partial charge in [0.15, 0.2) is 0 Å². The molecule has 0 radical (unpaired) electrons. The van der Waals surface area contributed by atoms with E-state index in [2.05, 4.69) is 60.1 Å². The van der Waals surface area contributed by atoms with E-state index in [9.17, 15) is 0 Å². The number of unbranched alkanes of at least 4 members (excludes halogenated alkanes) is 6. The zero-order valence-electron chi connectivity index (χ0n) is 19.3. The summed E-state index contributed by atoms with van der Waals surface area (Å²) in [5.41, 5.74) is 8.88. The van der Waals surface area contributed by atoms with Crippen molar-refractivity contribution < 1.29 is 0 Å². The standard InChI is InChI=1S/C26H38N4S/c1-3-5-7-9-17-30(18-10-8-6-4-2)22-12-14-24-26(20-22)31-25-19-21(28-16-15-27)11-13-23(25)29-24/h11-14,19-20H,3-10,15-18,27H2,1-2H3/p+1. The number of aromatic nitrogens is 1. The average molecular weight is 440 g/mol. The highest BCUT2D eigenvalue weighted by Crippen LogP contribution is 2.30. The summed E-state index contributed by atoms with van der Waals surface area (Å²) in [7, 11) is 0. The molecule has 0 amide bonds. The SMILES string of the molecule is CCCCCC[N+](CCCCCC)=c1ccc2nc3ccc(NCCN)cc3sc-2c1. The number of nitrogens with zero attached hydrogens (tertiary/aromatic N) is 2. The first-order valence-electron chi connectivity index (χ1n) is 12.1. The van der Waals surface area contributed by atoms with Gasteiger partial charge in [-0.15, -0.1) is 11.3 Å². The van der Waals surface area contributed by atoms with Crippen LogP contribution in [0.4, 0.5) is 5.69 Å². The van der Waals surface area contributed by atoms with Crippen molar-refractivity contribution in [1.29, 1.82) is 0 Å². The van der Waals surface area contributed by atoms with E-state index >= 15 is 0 Å². The Morgan fingerprint density at radius 2 is 1.65 bits per heavy atom. The molecule has 0 saturated carbocycles. The lowest BCUT2D eigenvalue weighted by molar-refractivity contribution is 0.499. The van der Waals surface area contributed by atoms with E-state index in [1.165, 1.54) is 66.3 Å². The second kappa shape index (κ2) is 12.8. The Kier molecular flexibility index (Phi) is 9.76. The molecule has 2 aliphatic rings. The molecule has 0 atom stereocenters. The summed E-state index contributed by atoms with van der Waals surface area (Å²) in [6.45, 7) is 8.27. The van der Waals surface area contributed by atoms with Crippen molar-refractivity contribution in [3.8, 4) is 10.6 Å². The molecule has 1 aliphatic carbocycles. The van der Waals surface area contributed by atoms with Crippen molar-refractivity contribution in [2.24, 2.45) is 5.73 Å². The molecule has 3 N–H and O–H groups in total. The van der Waals surface area contributed by atoms with Gasteiger partial charge in [0.05, 0.1) is 20.8 Å². The Morgan fingerprint density at radius 1 is 0.903 bits per heavy atom. The summed E-state index contributed by atoms with van der Waals surface area (Å²) < 4.78 is 3.81. The fourth-order valence-corrected chi connectivity index (χ4v) is 5.00. The number of nitrogens with two attached hydrogens (primary N) is 1. The van der Waals surface area contributed by atoms with Gasteiger partial charge < -0.3 is 11.1 Å². The van der Waals surface area contributed by atoms with Crippen LogP contribution in [0.15, 0.2) is 36.4 Å². The molecule has 1 heterocycles. The first-order chi connectivity index (χ1) is 15.2. The summed E-state index contributed by atoms with van der Waals surface area (Å²) in [5, 5.41) is 4.72. The van der Waals surface area contributed by atoms with Gasteiger partial charge in [-0.25, -0.2) is 9.56 Å². The highest BCUT2D eigenvalue weighted by atomic mass is 32.1. The minimum absolute atomic E-state index is 0.632. The Labute approximate surface area is 191 Å². The van der Waals surface area contributed by atoms with Gasteiger partial charge in [-0.05, 0) is 37.1 Å². The van der Waals surface area contributed by atoms with E-state index in [0.717, 1.165) is 36.5 Å². The smallest absolute Gasteiger partial charge is 0.201 e. The van der Waals surface area contributed by atoms with E-state index in [-0.39, 0.29) is 0 Å². The molecule has 0 bridgehead atoms. The summed E-state index contributed by atoms with van der Waals surface area (Å²) in [6, 6.07) is 13.2. The molecule has 1 aromatic rings. The van der Waals surface area contributed by atoms with Crippen molar-refractivity contribution in [3.05, 3.63) is 41.8 Å².